The van der Waals surface area contributed by atoms with E-state index in [1.165, 1.54) is 12.1 Å². The number of amides is 1. The molecule has 0 unspecified atom stereocenters. The van der Waals surface area contributed by atoms with Gasteiger partial charge in [0.2, 0.25) is 17.7 Å². The number of aromatic nitrogens is 2. The van der Waals surface area contributed by atoms with Gasteiger partial charge in [0.25, 0.3) is 0 Å². The Labute approximate surface area is 144 Å². The van der Waals surface area contributed by atoms with E-state index in [9.17, 15) is 9.18 Å². The van der Waals surface area contributed by atoms with Crippen molar-refractivity contribution in [2.24, 2.45) is 5.92 Å². The number of rotatable bonds is 5. The molecule has 1 saturated carbocycles. The molecule has 0 saturated heterocycles. The van der Waals surface area contributed by atoms with Crippen molar-refractivity contribution in [2.45, 2.75) is 45.1 Å². The second kappa shape index (κ2) is 7.30. The number of benzene rings is 1. The van der Waals surface area contributed by atoms with E-state index in [2.05, 4.69) is 15.5 Å². The minimum absolute atomic E-state index is 0.0946. The van der Waals surface area contributed by atoms with Crippen LogP contribution in [0, 0.1) is 18.7 Å². The van der Waals surface area contributed by atoms with Crippen LogP contribution in [0.3, 0.4) is 0 Å². The van der Waals surface area contributed by atoms with Crippen LogP contribution in [0.25, 0.3) is 0 Å². The van der Waals surface area contributed by atoms with Crippen LogP contribution in [0.15, 0.2) is 22.6 Å². The molecule has 0 spiro atoms. The van der Waals surface area contributed by atoms with E-state index in [4.69, 9.17) is 16.0 Å². The molecule has 7 heteroatoms. The van der Waals surface area contributed by atoms with Gasteiger partial charge in [0, 0.05) is 24.4 Å². The van der Waals surface area contributed by atoms with Gasteiger partial charge in [-0.1, -0.05) is 17.7 Å². The van der Waals surface area contributed by atoms with E-state index >= 15 is 0 Å². The maximum atomic E-state index is 13.0. The van der Waals surface area contributed by atoms with E-state index in [0.29, 0.717) is 23.3 Å². The molecule has 1 aromatic carbocycles. The smallest absolute Gasteiger partial charge is 0.224 e. The lowest BCUT2D eigenvalue weighted by molar-refractivity contribution is -0.121. The molecule has 1 fully saturated rings. The quantitative estimate of drug-likeness (QED) is 0.897. The summed E-state index contributed by atoms with van der Waals surface area (Å²) >= 11 is 5.96. The van der Waals surface area contributed by atoms with Gasteiger partial charge in [-0.15, -0.1) is 10.2 Å². The maximum Gasteiger partial charge on any atom is 0.224 e. The topological polar surface area (TPSA) is 68.0 Å². The number of carbonyl (C=O) groups excluding carboxylic acids is 1. The highest BCUT2D eigenvalue weighted by Crippen LogP contribution is 2.28. The monoisotopic (exact) mass is 351 g/mol. The number of hydrogen-bond donors (Lipinski definition) is 1. The van der Waals surface area contributed by atoms with Crippen molar-refractivity contribution in [3.05, 3.63) is 46.4 Å². The molecule has 1 N–H and O–H groups in total. The van der Waals surface area contributed by atoms with E-state index in [1.807, 2.05) is 0 Å². The highest BCUT2D eigenvalue weighted by Gasteiger charge is 2.27. The van der Waals surface area contributed by atoms with E-state index in [1.54, 1.807) is 13.0 Å². The molecule has 1 aliphatic carbocycles. The van der Waals surface area contributed by atoms with Crippen LogP contribution in [-0.2, 0) is 17.6 Å². The Bertz CT molecular complexity index is 734. The minimum atomic E-state index is -0.404. The zero-order valence-electron chi connectivity index (χ0n) is 13.4. The summed E-state index contributed by atoms with van der Waals surface area (Å²) in [6.45, 7) is 1.77. The fraction of sp³-hybridized carbons (Fsp3) is 0.471. The van der Waals surface area contributed by atoms with Crippen molar-refractivity contribution >= 4 is 17.5 Å². The number of carbonyl (C=O) groups is 1. The second-order valence-corrected chi connectivity index (χ2v) is 6.68. The number of aryl methyl sites for hydroxylation is 1. The molecule has 2 aromatic rings. The van der Waals surface area contributed by atoms with Gasteiger partial charge in [0.15, 0.2) is 0 Å². The van der Waals surface area contributed by atoms with Crippen LogP contribution in [0.4, 0.5) is 4.39 Å². The third kappa shape index (κ3) is 4.32. The fourth-order valence-corrected chi connectivity index (χ4v) is 3.41. The molecule has 24 heavy (non-hydrogen) atoms. The van der Waals surface area contributed by atoms with Gasteiger partial charge in [-0.2, -0.15) is 0 Å². The average molecular weight is 352 g/mol. The molecule has 128 valence electrons. The van der Waals surface area contributed by atoms with Crippen molar-refractivity contribution in [3.63, 3.8) is 0 Å². The summed E-state index contributed by atoms with van der Waals surface area (Å²) in [7, 11) is 0. The second-order valence-electron chi connectivity index (χ2n) is 6.27. The molecule has 2 atom stereocenters. The molecule has 1 aromatic heterocycles. The van der Waals surface area contributed by atoms with Crippen LogP contribution in [0.2, 0.25) is 5.02 Å². The van der Waals surface area contributed by atoms with Crippen LogP contribution < -0.4 is 5.32 Å². The first-order valence-electron chi connectivity index (χ1n) is 8.02. The summed E-state index contributed by atoms with van der Waals surface area (Å²) in [5.74, 6) is 1.16. The zero-order chi connectivity index (χ0) is 17.1. The molecule has 0 bridgehead atoms. The summed E-state index contributed by atoms with van der Waals surface area (Å²) < 4.78 is 18.4. The van der Waals surface area contributed by atoms with Gasteiger partial charge < -0.3 is 9.73 Å². The van der Waals surface area contributed by atoms with Crippen molar-refractivity contribution in [1.29, 1.82) is 0 Å². The Morgan fingerprint density at radius 3 is 2.96 bits per heavy atom. The molecule has 1 amide bonds. The Morgan fingerprint density at radius 1 is 1.42 bits per heavy atom. The zero-order valence-corrected chi connectivity index (χ0v) is 14.1. The van der Waals surface area contributed by atoms with Crippen molar-refractivity contribution in [2.75, 3.05) is 0 Å². The lowest BCUT2D eigenvalue weighted by atomic mass is 10.0. The van der Waals surface area contributed by atoms with E-state index in [0.717, 1.165) is 25.7 Å². The van der Waals surface area contributed by atoms with Crippen molar-refractivity contribution in [1.82, 2.24) is 15.5 Å². The van der Waals surface area contributed by atoms with Crippen molar-refractivity contribution in [3.8, 4) is 0 Å². The van der Waals surface area contributed by atoms with Gasteiger partial charge in [0.05, 0.1) is 6.42 Å². The molecule has 5 nitrogen and oxygen atoms in total. The predicted octanol–water partition coefficient (Wildman–Crippen LogP) is 3.24. The van der Waals surface area contributed by atoms with Crippen molar-refractivity contribution < 1.29 is 13.6 Å². The highest BCUT2D eigenvalue weighted by atomic mass is 35.5. The van der Waals surface area contributed by atoms with E-state index in [-0.39, 0.29) is 23.4 Å². The lowest BCUT2D eigenvalue weighted by Gasteiger charge is -2.13. The van der Waals surface area contributed by atoms with Gasteiger partial charge in [-0.05, 0) is 42.9 Å². The third-order valence-electron chi connectivity index (χ3n) is 4.30. The molecule has 1 aliphatic rings. The molecule has 0 aliphatic heterocycles. The van der Waals surface area contributed by atoms with Crippen LogP contribution >= 0.6 is 11.6 Å². The Morgan fingerprint density at radius 2 is 2.25 bits per heavy atom. The van der Waals surface area contributed by atoms with Gasteiger partial charge in [-0.25, -0.2) is 4.39 Å². The first kappa shape index (κ1) is 16.9. The molecule has 3 rings (SSSR count). The molecule has 0 radical (unpaired) electrons. The first-order chi connectivity index (χ1) is 11.5. The van der Waals surface area contributed by atoms with Gasteiger partial charge >= 0.3 is 0 Å². The van der Waals surface area contributed by atoms with Crippen LogP contribution in [0.1, 0.15) is 36.6 Å². The first-order valence-corrected chi connectivity index (χ1v) is 8.39. The Balaban J connectivity index is 1.48. The standard InChI is InChI=1S/C17H19ClFN3O2/c1-10-21-22-17(24-10)7-11-2-5-14(6-11)20-16(23)8-12-3-4-13(19)9-15(12)18/h3-4,9,11,14H,2,5-8H2,1H3,(H,20,23)/t11-,14+/m1/s1. The minimum Gasteiger partial charge on any atom is -0.426 e. The lowest BCUT2D eigenvalue weighted by Crippen LogP contribution is -2.34. The van der Waals surface area contributed by atoms with Gasteiger partial charge in [0.1, 0.15) is 5.82 Å². The Kier molecular flexibility index (Phi) is 5.14. The molecular weight excluding hydrogens is 333 g/mol. The molecular formula is C17H19ClFN3O2. The summed E-state index contributed by atoms with van der Waals surface area (Å²) in [6.07, 6.45) is 3.74. The average Bonchev–Trinajstić information content (AvgIpc) is 3.12. The number of nitrogens with zero attached hydrogens (tertiary/aromatic N) is 2. The van der Waals surface area contributed by atoms with Gasteiger partial charge in [-0.3, -0.25) is 4.79 Å². The summed E-state index contributed by atoms with van der Waals surface area (Å²) in [4.78, 5) is 12.2. The van der Waals surface area contributed by atoms with Crippen LogP contribution in [-0.4, -0.2) is 22.1 Å². The van der Waals surface area contributed by atoms with E-state index < -0.39 is 5.82 Å². The normalized spacial score (nSPS) is 20.3. The number of hydrogen-bond acceptors (Lipinski definition) is 4. The fourth-order valence-electron chi connectivity index (χ4n) is 3.18. The largest absolute Gasteiger partial charge is 0.426 e. The third-order valence-corrected chi connectivity index (χ3v) is 4.66. The Hall–Kier alpha value is -1.95. The summed E-state index contributed by atoms with van der Waals surface area (Å²) in [6, 6.07) is 4.23. The maximum absolute atomic E-state index is 13.0. The number of nitrogens with one attached hydrogen (secondary N) is 1. The SMILES string of the molecule is Cc1nnc(C[C@@H]2CC[C@H](NC(=O)Cc3ccc(F)cc3Cl)C2)o1. The van der Waals surface area contributed by atoms with Crippen LogP contribution in [0.5, 0.6) is 0 Å². The predicted molar refractivity (Wildman–Crippen MR) is 87.1 cm³/mol. The summed E-state index contributed by atoms with van der Waals surface area (Å²) in [5.41, 5.74) is 0.631. The molecule has 1 heterocycles. The highest BCUT2D eigenvalue weighted by molar-refractivity contribution is 6.31. The number of halogens is 2. The summed E-state index contributed by atoms with van der Waals surface area (Å²) in [5, 5.41) is 11.2.